The number of phenolic OH excluding ortho intramolecular Hbond substituents is 1. The number of phenols is 1. The molecule has 0 amide bonds. The minimum Gasteiger partial charge on any atom is -0.508 e. The van der Waals surface area contributed by atoms with Gasteiger partial charge in [0.25, 0.3) is 0 Å². The molecule has 0 saturated heterocycles. The second-order valence-electron chi connectivity index (χ2n) is 5.31. The fourth-order valence-corrected chi connectivity index (χ4v) is 2.53. The lowest BCUT2D eigenvalue weighted by Crippen LogP contribution is -2.04. The van der Waals surface area contributed by atoms with Gasteiger partial charge in [-0.2, -0.15) is 0 Å². The van der Waals surface area contributed by atoms with E-state index >= 15 is 0 Å². The topological polar surface area (TPSA) is 71.2 Å². The van der Waals surface area contributed by atoms with Crippen LogP contribution in [0.15, 0.2) is 67.0 Å². The third-order valence-electron chi connectivity index (χ3n) is 3.74. The molecule has 116 valence electrons. The van der Waals surface area contributed by atoms with Gasteiger partial charge >= 0.3 is 0 Å². The fourth-order valence-electron chi connectivity index (χ4n) is 2.53. The molecule has 0 saturated carbocycles. The van der Waals surface area contributed by atoms with Gasteiger partial charge in [0.05, 0.1) is 5.69 Å². The maximum atomic E-state index is 10.3. The normalized spacial score (nSPS) is 10.5. The van der Waals surface area contributed by atoms with Gasteiger partial charge < -0.3 is 16.2 Å². The van der Waals surface area contributed by atoms with E-state index in [1.54, 1.807) is 18.5 Å². The number of rotatable bonds is 5. The van der Waals surface area contributed by atoms with Crippen molar-refractivity contribution < 1.29 is 5.11 Å². The van der Waals surface area contributed by atoms with E-state index in [1.165, 1.54) is 0 Å². The molecule has 0 aliphatic carbocycles. The molecule has 0 fully saturated rings. The van der Waals surface area contributed by atoms with Crippen molar-refractivity contribution in [3.8, 4) is 16.9 Å². The molecule has 1 heterocycles. The van der Waals surface area contributed by atoms with E-state index in [4.69, 9.17) is 5.73 Å². The largest absolute Gasteiger partial charge is 0.508 e. The molecule has 0 spiro atoms. The highest BCUT2D eigenvalue weighted by molar-refractivity contribution is 5.70. The number of nitrogens with zero attached hydrogens (tertiary/aromatic N) is 1. The summed E-state index contributed by atoms with van der Waals surface area (Å²) < 4.78 is 0. The predicted molar refractivity (Wildman–Crippen MR) is 93.0 cm³/mol. The average molecular weight is 305 g/mol. The Hall–Kier alpha value is -2.85. The zero-order valence-electron chi connectivity index (χ0n) is 12.7. The number of pyridine rings is 1. The van der Waals surface area contributed by atoms with Gasteiger partial charge in [-0.3, -0.25) is 4.98 Å². The number of aromatic nitrogens is 1. The van der Waals surface area contributed by atoms with Crippen LogP contribution >= 0.6 is 0 Å². The summed E-state index contributed by atoms with van der Waals surface area (Å²) in [6, 6.07) is 17.6. The van der Waals surface area contributed by atoms with E-state index in [9.17, 15) is 5.11 Å². The molecule has 23 heavy (non-hydrogen) atoms. The first kappa shape index (κ1) is 15.1. The monoisotopic (exact) mass is 305 g/mol. The van der Waals surface area contributed by atoms with Crippen LogP contribution in [0.25, 0.3) is 11.1 Å². The molecule has 2 aromatic carbocycles. The van der Waals surface area contributed by atoms with E-state index < -0.39 is 0 Å². The van der Waals surface area contributed by atoms with Crippen molar-refractivity contribution >= 4 is 5.69 Å². The summed E-state index contributed by atoms with van der Waals surface area (Å²) in [6.45, 7) is 0.959. The van der Waals surface area contributed by atoms with Crippen molar-refractivity contribution in [3.05, 3.63) is 78.1 Å². The molecule has 0 aliphatic rings. The van der Waals surface area contributed by atoms with Gasteiger partial charge in [-0.25, -0.2) is 0 Å². The summed E-state index contributed by atoms with van der Waals surface area (Å²) in [4.78, 5) is 4.17. The Bertz CT molecular complexity index is 788. The number of benzene rings is 2. The highest BCUT2D eigenvalue weighted by atomic mass is 16.3. The van der Waals surface area contributed by atoms with E-state index in [2.05, 4.69) is 10.3 Å². The number of nitrogens with two attached hydrogens (primary N) is 1. The van der Waals surface area contributed by atoms with Crippen molar-refractivity contribution in [2.24, 2.45) is 5.73 Å². The highest BCUT2D eigenvalue weighted by Gasteiger charge is 2.09. The van der Waals surface area contributed by atoms with Crippen molar-refractivity contribution in [2.75, 3.05) is 5.32 Å². The van der Waals surface area contributed by atoms with Crippen molar-refractivity contribution in [2.45, 2.75) is 13.1 Å². The van der Waals surface area contributed by atoms with Crippen molar-refractivity contribution in [3.63, 3.8) is 0 Å². The lowest BCUT2D eigenvalue weighted by molar-refractivity contribution is 0.469. The lowest BCUT2D eigenvalue weighted by Gasteiger charge is -2.14. The maximum Gasteiger partial charge on any atom is 0.121 e. The number of hydrogen-bond donors (Lipinski definition) is 3. The Morgan fingerprint density at radius 3 is 2.61 bits per heavy atom. The van der Waals surface area contributed by atoms with Crippen LogP contribution in [0, 0.1) is 0 Å². The zero-order chi connectivity index (χ0) is 16.1. The standard InChI is InChI=1S/C19H19N3O/c20-10-14-9-16(12-21-11-14)22-13-18-17(7-4-8-19(18)23)15-5-2-1-3-6-15/h1-9,11-12,22-23H,10,13,20H2. The number of anilines is 1. The van der Waals surface area contributed by atoms with Crippen LogP contribution < -0.4 is 11.1 Å². The molecular weight excluding hydrogens is 286 g/mol. The first-order chi connectivity index (χ1) is 11.3. The van der Waals surface area contributed by atoms with Gasteiger partial charge in [-0.15, -0.1) is 0 Å². The SMILES string of the molecule is NCc1cncc(NCc2c(O)cccc2-c2ccccc2)c1. The highest BCUT2D eigenvalue weighted by Crippen LogP contribution is 2.30. The molecule has 3 rings (SSSR count). The average Bonchev–Trinajstić information content (AvgIpc) is 2.61. The molecule has 4 N–H and O–H groups in total. The summed E-state index contributed by atoms with van der Waals surface area (Å²) in [5, 5.41) is 13.6. The molecule has 0 aliphatic heterocycles. The first-order valence-corrected chi connectivity index (χ1v) is 7.52. The molecule has 4 nitrogen and oxygen atoms in total. The predicted octanol–water partition coefficient (Wildman–Crippen LogP) is 3.53. The Morgan fingerprint density at radius 2 is 1.83 bits per heavy atom. The maximum absolute atomic E-state index is 10.3. The van der Waals surface area contributed by atoms with Crippen molar-refractivity contribution in [1.29, 1.82) is 0 Å². The van der Waals surface area contributed by atoms with E-state index in [-0.39, 0.29) is 5.75 Å². The minimum absolute atomic E-state index is 0.279. The lowest BCUT2D eigenvalue weighted by atomic mass is 9.99. The van der Waals surface area contributed by atoms with Gasteiger partial charge in [-0.1, -0.05) is 42.5 Å². The number of aromatic hydroxyl groups is 1. The van der Waals surface area contributed by atoms with Gasteiger partial charge in [0.2, 0.25) is 0 Å². The first-order valence-electron chi connectivity index (χ1n) is 7.52. The molecule has 3 aromatic rings. The zero-order valence-corrected chi connectivity index (χ0v) is 12.7. The molecule has 0 bridgehead atoms. The quantitative estimate of drug-likeness (QED) is 0.674. The summed E-state index contributed by atoms with van der Waals surface area (Å²) in [6.07, 6.45) is 3.50. The van der Waals surface area contributed by atoms with E-state index in [0.717, 1.165) is 27.9 Å². The summed E-state index contributed by atoms with van der Waals surface area (Å²) in [5.41, 5.74) is 10.4. The molecule has 1 aromatic heterocycles. The molecule has 0 atom stereocenters. The molecule has 0 radical (unpaired) electrons. The minimum atomic E-state index is 0.279. The second kappa shape index (κ2) is 6.94. The van der Waals surface area contributed by atoms with Crippen LogP contribution in [0.4, 0.5) is 5.69 Å². The van der Waals surface area contributed by atoms with Gasteiger partial charge in [-0.05, 0) is 28.8 Å². The van der Waals surface area contributed by atoms with Gasteiger partial charge in [0.1, 0.15) is 5.75 Å². The van der Waals surface area contributed by atoms with Crippen LogP contribution in [-0.2, 0) is 13.1 Å². The summed E-state index contributed by atoms with van der Waals surface area (Å²) in [7, 11) is 0. The molecule has 4 heteroatoms. The van der Waals surface area contributed by atoms with Crippen molar-refractivity contribution in [1.82, 2.24) is 4.98 Å². The Kier molecular flexibility index (Phi) is 4.54. The van der Waals surface area contributed by atoms with Crippen LogP contribution in [0.5, 0.6) is 5.75 Å². The number of nitrogens with one attached hydrogen (secondary N) is 1. The van der Waals surface area contributed by atoms with Gasteiger partial charge in [0, 0.05) is 31.0 Å². The Labute approximate surface area is 135 Å². The Balaban J connectivity index is 1.88. The van der Waals surface area contributed by atoms with Crippen LogP contribution in [0.1, 0.15) is 11.1 Å². The van der Waals surface area contributed by atoms with E-state index in [1.807, 2.05) is 48.5 Å². The van der Waals surface area contributed by atoms with E-state index in [0.29, 0.717) is 13.1 Å². The summed E-state index contributed by atoms with van der Waals surface area (Å²) >= 11 is 0. The number of hydrogen-bond acceptors (Lipinski definition) is 4. The smallest absolute Gasteiger partial charge is 0.121 e. The van der Waals surface area contributed by atoms with Crippen LogP contribution in [0.2, 0.25) is 0 Å². The van der Waals surface area contributed by atoms with Gasteiger partial charge in [0.15, 0.2) is 0 Å². The molecular formula is C19H19N3O. The third kappa shape index (κ3) is 3.49. The Morgan fingerprint density at radius 1 is 1.00 bits per heavy atom. The fraction of sp³-hybridized carbons (Fsp3) is 0.105. The van der Waals surface area contributed by atoms with Crippen LogP contribution in [0.3, 0.4) is 0 Å². The van der Waals surface area contributed by atoms with Crippen LogP contribution in [-0.4, -0.2) is 10.1 Å². The second-order valence-corrected chi connectivity index (χ2v) is 5.31. The molecule has 0 unspecified atom stereocenters. The summed E-state index contributed by atoms with van der Waals surface area (Å²) in [5.74, 6) is 0.279. The third-order valence-corrected chi connectivity index (χ3v) is 3.74.